The van der Waals surface area contributed by atoms with Crippen molar-refractivity contribution < 1.29 is 19.0 Å². The van der Waals surface area contributed by atoms with Crippen LogP contribution >= 0.6 is 0 Å². The summed E-state index contributed by atoms with van der Waals surface area (Å²) in [6.45, 7) is 4.12. The first-order chi connectivity index (χ1) is 12.3. The lowest BCUT2D eigenvalue weighted by Crippen LogP contribution is -2.47. The van der Waals surface area contributed by atoms with Crippen LogP contribution in [-0.4, -0.2) is 74.0 Å². The Morgan fingerprint density at radius 3 is 3.00 bits per heavy atom. The number of nitrogens with zero attached hydrogens (tertiary/aromatic N) is 3. The number of rotatable bonds is 6. The highest BCUT2D eigenvalue weighted by molar-refractivity contribution is 5.79. The standard InChI is InChI=1S/C17H26N4O4/c1-23-10-6-18-15-2-5-19-16(20-15)14-12-25-11-7-21(14)17(22)13-3-8-24-9-4-13/h2,5,13-14H,3-4,6-12H2,1H3,(H,18,19,20)/t14-/m0/s1. The van der Waals surface area contributed by atoms with Crippen molar-refractivity contribution in [2.24, 2.45) is 5.92 Å². The number of morpholine rings is 1. The van der Waals surface area contributed by atoms with Crippen molar-refractivity contribution in [3.63, 3.8) is 0 Å². The minimum atomic E-state index is -0.242. The van der Waals surface area contributed by atoms with E-state index in [4.69, 9.17) is 14.2 Å². The number of methoxy groups -OCH3 is 1. The smallest absolute Gasteiger partial charge is 0.226 e. The Hall–Kier alpha value is -1.77. The van der Waals surface area contributed by atoms with Crippen LogP contribution < -0.4 is 5.32 Å². The van der Waals surface area contributed by atoms with Crippen molar-refractivity contribution in [3.05, 3.63) is 18.1 Å². The number of nitrogens with one attached hydrogen (secondary N) is 1. The Balaban J connectivity index is 1.71. The summed E-state index contributed by atoms with van der Waals surface area (Å²) in [5.41, 5.74) is 0. The van der Waals surface area contributed by atoms with Crippen molar-refractivity contribution in [2.45, 2.75) is 18.9 Å². The van der Waals surface area contributed by atoms with E-state index in [-0.39, 0.29) is 17.9 Å². The van der Waals surface area contributed by atoms with Crippen LogP contribution in [-0.2, 0) is 19.0 Å². The Labute approximate surface area is 147 Å². The van der Waals surface area contributed by atoms with Gasteiger partial charge in [0.15, 0.2) is 5.82 Å². The van der Waals surface area contributed by atoms with Gasteiger partial charge in [-0.05, 0) is 18.9 Å². The summed E-state index contributed by atoms with van der Waals surface area (Å²) in [5, 5.41) is 3.20. The number of carbonyl (C=O) groups is 1. The van der Waals surface area contributed by atoms with Gasteiger partial charge in [0, 0.05) is 45.5 Å². The molecule has 25 heavy (non-hydrogen) atoms. The summed E-state index contributed by atoms with van der Waals surface area (Å²) in [6, 6.07) is 1.57. The molecule has 2 aliphatic rings. The third-order valence-corrected chi connectivity index (χ3v) is 4.57. The van der Waals surface area contributed by atoms with Gasteiger partial charge in [-0.3, -0.25) is 4.79 Å². The number of hydrogen-bond donors (Lipinski definition) is 1. The highest BCUT2D eigenvalue weighted by atomic mass is 16.5. The van der Waals surface area contributed by atoms with E-state index in [9.17, 15) is 4.79 Å². The van der Waals surface area contributed by atoms with E-state index < -0.39 is 0 Å². The molecule has 2 saturated heterocycles. The summed E-state index contributed by atoms with van der Waals surface area (Å²) in [7, 11) is 1.66. The van der Waals surface area contributed by atoms with Crippen LogP contribution in [0.1, 0.15) is 24.7 Å². The van der Waals surface area contributed by atoms with Gasteiger partial charge in [0.25, 0.3) is 0 Å². The first-order valence-corrected chi connectivity index (χ1v) is 8.81. The first kappa shape index (κ1) is 18.0. The summed E-state index contributed by atoms with van der Waals surface area (Å²) in [6.07, 6.45) is 3.27. The molecular formula is C17H26N4O4. The Kier molecular flexibility index (Phi) is 6.55. The van der Waals surface area contributed by atoms with Gasteiger partial charge in [-0.25, -0.2) is 9.97 Å². The van der Waals surface area contributed by atoms with E-state index in [1.807, 2.05) is 11.0 Å². The Morgan fingerprint density at radius 1 is 1.36 bits per heavy atom. The number of anilines is 1. The van der Waals surface area contributed by atoms with Crippen LogP contribution in [0.15, 0.2) is 12.3 Å². The van der Waals surface area contributed by atoms with Crippen molar-refractivity contribution in [1.82, 2.24) is 14.9 Å². The summed E-state index contributed by atoms with van der Waals surface area (Å²) in [4.78, 5) is 23.8. The predicted molar refractivity (Wildman–Crippen MR) is 91.2 cm³/mol. The molecule has 8 heteroatoms. The van der Waals surface area contributed by atoms with Crippen molar-refractivity contribution in [3.8, 4) is 0 Å². The van der Waals surface area contributed by atoms with Crippen molar-refractivity contribution in [2.75, 3.05) is 58.6 Å². The van der Waals surface area contributed by atoms with E-state index in [2.05, 4.69) is 15.3 Å². The molecule has 8 nitrogen and oxygen atoms in total. The number of aromatic nitrogens is 2. The average molecular weight is 350 g/mol. The van der Waals surface area contributed by atoms with E-state index in [1.54, 1.807) is 13.3 Å². The third kappa shape index (κ3) is 4.65. The number of carbonyl (C=O) groups excluding carboxylic acids is 1. The zero-order chi connectivity index (χ0) is 17.5. The predicted octanol–water partition coefficient (Wildman–Crippen LogP) is 0.861. The molecule has 0 aromatic carbocycles. The van der Waals surface area contributed by atoms with Gasteiger partial charge < -0.3 is 24.4 Å². The summed E-state index contributed by atoms with van der Waals surface area (Å²) >= 11 is 0. The highest BCUT2D eigenvalue weighted by Gasteiger charge is 2.35. The third-order valence-electron chi connectivity index (χ3n) is 4.57. The second-order valence-corrected chi connectivity index (χ2v) is 6.23. The van der Waals surface area contributed by atoms with Gasteiger partial charge >= 0.3 is 0 Å². The van der Waals surface area contributed by atoms with Crippen molar-refractivity contribution >= 4 is 11.7 Å². The normalized spacial score (nSPS) is 22.0. The van der Waals surface area contributed by atoms with Gasteiger partial charge in [-0.1, -0.05) is 0 Å². The fourth-order valence-electron chi connectivity index (χ4n) is 3.17. The largest absolute Gasteiger partial charge is 0.383 e. The summed E-state index contributed by atoms with van der Waals surface area (Å²) < 4.78 is 16.0. The molecule has 3 rings (SSSR count). The first-order valence-electron chi connectivity index (χ1n) is 8.81. The maximum atomic E-state index is 13.0. The monoisotopic (exact) mass is 350 g/mol. The van der Waals surface area contributed by atoms with Gasteiger partial charge in [0.05, 0.1) is 19.8 Å². The van der Waals surface area contributed by atoms with Crippen LogP contribution in [0.3, 0.4) is 0 Å². The second kappa shape index (κ2) is 9.07. The number of hydrogen-bond acceptors (Lipinski definition) is 7. The molecule has 0 aliphatic carbocycles. The quantitative estimate of drug-likeness (QED) is 0.762. The molecule has 2 fully saturated rings. The highest BCUT2D eigenvalue weighted by Crippen LogP contribution is 2.27. The lowest BCUT2D eigenvalue weighted by atomic mass is 9.97. The Morgan fingerprint density at radius 2 is 2.20 bits per heavy atom. The fraction of sp³-hybridized carbons (Fsp3) is 0.706. The van der Waals surface area contributed by atoms with E-state index in [0.717, 1.165) is 18.7 Å². The van der Waals surface area contributed by atoms with Crippen LogP contribution in [0.2, 0.25) is 0 Å². The Bertz CT molecular complexity index is 565. The molecular weight excluding hydrogens is 324 g/mol. The van der Waals surface area contributed by atoms with Gasteiger partial charge in [-0.15, -0.1) is 0 Å². The minimum Gasteiger partial charge on any atom is -0.383 e. The summed E-state index contributed by atoms with van der Waals surface area (Å²) in [5.74, 6) is 1.53. The van der Waals surface area contributed by atoms with E-state index >= 15 is 0 Å². The SMILES string of the molecule is COCCNc1ccnc([C@@H]2COCCN2C(=O)C2CCOCC2)n1. The van der Waals surface area contributed by atoms with Gasteiger partial charge in [-0.2, -0.15) is 0 Å². The molecule has 1 aromatic heterocycles. The molecule has 138 valence electrons. The fourth-order valence-corrected chi connectivity index (χ4v) is 3.17. The lowest BCUT2D eigenvalue weighted by Gasteiger charge is -2.37. The van der Waals surface area contributed by atoms with Crippen LogP contribution in [0, 0.1) is 5.92 Å². The molecule has 0 bridgehead atoms. The molecule has 3 heterocycles. The van der Waals surface area contributed by atoms with Crippen molar-refractivity contribution in [1.29, 1.82) is 0 Å². The molecule has 0 radical (unpaired) electrons. The molecule has 1 N–H and O–H groups in total. The van der Waals surface area contributed by atoms with E-state index in [0.29, 0.717) is 51.9 Å². The number of amides is 1. The molecule has 0 saturated carbocycles. The topological polar surface area (TPSA) is 85.8 Å². The van der Waals surface area contributed by atoms with Crippen LogP contribution in [0.25, 0.3) is 0 Å². The molecule has 1 atom stereocenters. The molecule has 2 aliphatic heterocycles. The molecule has 1 amide bonds. The lowest BCUT2D eigenvalue weighted by molar-refractivity contribution is -0.148. The van der Waals surface area contributed by atoms with Crippen LogP contribution in [0.4, 0.5) is 5.82 Å². The minimum absolute atomic E-state index is 0.0253. The zero-order valence-electron chi connectivity index (χ0n) is 14.6. The van der Waals surface area contributed by atoms with E-state index in [1.165, 1.54) is 0 Å². The second-order valence-electron chi connectivity index (χ2n) is 6.23. The zero-order valence-corrected chi connectivity index (χ0v) is 14.6. The van der Waals surface area contributed by atoms with Crippen LogP contribution in [0.5, 0.6) is 0 Å². The van der Waals surface area contributed by atoms with Gasteiger partial charge in [0.1, 0.15) is 11.9 Å². The average Bonchev–Trinajstić information content (AvgIpc) is 2.68. The van der Waals surface area contributed by atoms with Gasteiger partial charge in [0.2, 0.25) is 5.91 Å². The maximum Gasteiger partial charge on any atom is 0.226 e. The maximum absolute atomic E-state index is 13.0. The molecule has 0 spiro atoms. The molecule has 0 unspecified atom stereocenters. The molecule has 1 aromatic rings. The number of ether oxygens (including phenoxy) is 3.